The highest BCUT2D eigenvalue weighted by molar-refractivity contribution is 5.91. The number of pyridine rings is 1. The van der Waals surface area contributed by atoms with Crippen molar-refractivity contribution in [2.75, 3.05) is 6.61 Å². The van der Waals surface area contributed by atoms with Gasteiger partial charge < -0.3 is 14.6 Å². The molecule has 11 heteroatoms. The number of aromatic nitrogens is 1. The Bertz CT molecular complexity index is 540. The van der Waals surface area contributed by atoms with Gasteiger partial charge in [-0.25, -0.2) is 9.78 Å². The molecule has 0 saturated heterocycles. The highest BCUT2D eigenvalue weighted by Crippen LogP contribution is 2.37. The molecule has 0 unspecified atom stereocenters. The van der Waals surface area contributed by atoms with E-state index < -0.39 is 41.4 Å². The molecule has 1 N–H and O–H groups in total. The number of esters is 1. The van der Waals surface area contributed by atoms with Crippen molar-refractivity contribution in [2.24, 2.45) is 0 Å². The first-order valence-electron chi connectivity index (χ1n) is 5.19. The van der Waals surface area contributed by atoms with Crippen molar-refractivity contribution >= 4 is 5.97 Å². The van der Waals surface area contributed by atoms with E-state index in [4.69, 9.17) is 0 Å². The maximum Gasteiger partial charge on any atom is 0.574 e. The van der Waals surface area contributed by atoms with E-state index in [0.29, 0.717) is 0 Å². The van der Waals surface area contributed by atoms with Crippen molar-refractivity contribution < 1.29 is 45.7 Å². The van der Waals surface area contributed by atoms with Crippen LogP contribution in [-0.4, -0.2) is 29.0 Å². The van der Waals surface area contributed by atoms with E-state index in [-0.39, 0.29) is 12.7 Å². The van der Waals surface area contributed by atoms with Crippen LogP contribution in [0.25, 0.3) is 0 Å². The summed E-state index contributed by atoms with van der Waals surface area (Å²) in [6.45, 7) is 1.03. The Balaban J connectivity index is 3.40. The molecule has 0 atom stereocenters. The zero-order chi connectivity index (χ0) is 16.4. The molecule has 0 aromatic carbocycles. The largest absolute Gasteiger partial charge is 0.574 e. The highest BCUT2D eigenvalue weighted by atomic mass is 19.4. The molecule has 118 valence electrons. The molecular formula is C10H7F6NO4. The van der Waals surface area contributed by atoms with Crippen LogP contribution in [-0.2, 0) is 10.9 Å². The second kappa shape index (κ2) is 5.66. The molecule has 0 saturated carbocycles. The normalized spacial score (nSPS) is 12.1. The molecule has 0 aliphatic rings. The van der Waals surface area contributed by atoms with Crippen LogP contribution in [0.2, 0.25) is 0 Å². The van der Waals surface area contributed by atoms with Crippen LogP contribution >= 0.6 is 0 Å². The third-order valence-corrected chi connectivity index (χ3v) is 1.94. The predicted octanol–water partition coefficient (Wildman–Crippen LogP) is 2.88. The number of halogens is 6. The van der Waals surface area contributed by atoms with E-state index >= 15 is 0 Å². The lowest BCUT2D eigenvalue weighted by molar-refractivity contribution is -0.277. The fourth-order valence-electron chi connectivity index (χ4n) is 1.25. The second-order valence-corrected chi connectivity index (χ2v) is 3.47. The third kappa shape index (κ3) is 4.39. The van der Waals surface area contributed by atoms with Crippen LogP contribution in [0.1, 0.15) is 23.0 Å². The van der Waals surface area contributed by atoms with Gasteiger partial charge in [-0.1, -0.05) is 0 Å². The molecule has 0 aliphatic carbocycles. The van der Waals surface area contributed by atoms with E-state index in [1.807, 2.05) is 0 Å². The van der Waals surface area contributed by atoms with Crippen LogP contribution in [0.3, 0.4) is 0 Å². The molecule has 5 nitrogen and oxygen atoms in total. The fraction of sp³-hybridized carbons (Fsp3) is 0.400. The maximum absolute atomic E-state index is 12.7. The van der Waals surface area contributed by atoms with Gasteiger partial charge in [-0.3, -0.25) is 0 Å². The number of hydrogen-bond donors (Lipinski definition) is 1. The average Bonchev–Trinajstić information content (AvgIpc) is 2.28. The quantitative estimate of drug-likeness (QED) is 0.685. The molecule has 0 bridgehead atoms. The molecule has 0 amide bonds. The standard InChI is InChI=1S/C10H7F6NO4/c1-2-20-8(19)4-3-5(18)7(21-10(14,15)16)17-6(4)9(11,12)13/h3,18H,2H2,1H3. The number of carbonyl (C=O) groups is 1. The molecule has 0 radical (unpaired) electrons. The zero-order valence-corrected chi connectivity index (χ0v) is 10.2. The van der Waals surface area contributed by atoms with Gasteiger partial charge in [0, 0.05) is 6.07 Å². The molecular weight excluding hydrogens is 312 g/mol. The summed E-state index contributed by atoms with van der Waals surface area (Å²) in [6, 6.07) is 0.148. The van der Waals surface area contributed by atoms with Crippen molar-refractivity contribution in [2.45, 2.75) is 19.5 Å². The number of rotatable bonds is 3. The number of alkyl halides is 6. The van der Waals surface area contributed by atoms with Crippen molar-refractivity contribution in [3.63, 3.8) is 0 Å². The minimum Gasteiger partial charge on any atom is -0.503 e. The molecule has 1 aromatic rings. The summed E-state index contributed by atoms with van der Waals surface area (Å²) in [4.78, 5) is 13.8. The number of hydrogen-bond acceptors (Lipinski definition) is 5. The number of carbonyl (C=O) groups excluding carboxylic acids is 1. The second-order valence-electron chi connectivity index (χ2n) is 3.47. The molecule has 0 fully saturated rings. The summed E-state index contributed by atoms with van der Waals surface area (Å²) in [7, 11) is 0. The average molecular weight is 319 g/mol. The van der Waals surface area contributed by atoms with Gasteiger partial charge in [-0.05, 0) is 6.92 Å². The van der Waals surface area contributed by atoms with E-state index in [0.717, 1.165) is 0 Å². The Morgan fingerprint density at radius 1 is 1.29 bits per heavy atom. The number of nitrogens with zero attached hydrogens (tertiary/aromatic N) is 1. The van der Waals surface area contributed by atoms with Gasteiger partial charge in [0.25, 0.3) is 5.88 Å². The zero-order valence-electron chi connectivity index (χ0n) is 10.2. The van der Waals surface area contributed by atoms with Gasteiger partial charge in [0.1, 0.15) is 0 Å². The van der Waals surface area contributed by atoms with Gasteiger partial charge >= 0.3 is 18.5 Å². The Labute approximate surface area is 113 Å². The summed E-state index contributed by atoms with van der Waals surface area (Å²) >= 11 is 0. The summed E-state index contributed by atoms with van der Waals surface area (Å²) in [5.74, 6) is -4.60. The van der Waals surface area contributed by atoms with E-state index in [1.165, 1.54) is 6.92 Å². The smallest absolute Gasteiger partial charge is 0.503 e. The molecule has 1 aromatic heterocycles. The highest BCUT2D eigenvalue weighted by Gasteiger charge is 2.41. The first-order valence-corrected chi connectivity index (χ1v) is 5.19. The number of ether oxygens (including phenoxy) is 2. The van der Waals surface area contributed by atoms with Gasteiger partial charge in [0.15, 0.2) is 11.4 Å². The molecule has 0 spiro atoms. The predicted molar refractivity (Wildman–Crippen MR) is 53.5 cm³/mol. The van der Waals surface area contributed by atoms with Crippen molar-refractivity contribution in [3.8, 4) is 11.6 Å². The van der Waals surface area contributed by atoms with E-state index in [1.54, 1.807) is 0 Å². The molecule has 1 heterocycles. The first-order chi connectivity index (χ1) is 9.45. The minimum atomic E-state index is -5.36. The Morgan fingerprint density at radius 3 is 2.29 bits per heavy atom. The van der Waals surface area contributed by atoms with Crippen LogP contribution in [0.5, 0.6) is 11.6 Å². The van der Waals surface area contributed by atoms with Crippen LogP contribution in [0, 0.1) is 0 Å². The summed E-state index contributed by atoms with van der Waals surface area (Å²) < 4.78 is 81.5. The number of aromatic hydroxyl groups is 1. The lowest BCUT2D eigenvalue weighted by Gasteiger charge is -2.15. The third-order valence-electron chi connectivity index (χ3n) is 1.94. The van der Waals surface area contributed by atoms with Gasteiger partial charge in [0.2, 0.25) is 0 Å². The maximum atomic E-state index is 12.7. The Kier molecular flexibility index (Phi) is 4.54. The van der Waals surface area contributed by atoms with Crippen LogP contribution < -0.4 is 4.74 Å². The minimum absolute atomic E-state index is 0.148. The molecule has 0 aliphatic heterocycles. The van der Waals surface area contributed by atoms with Crippen molar-refractivity contribution in [3.05, 3.63) is 17.3 Å². The summed E-state index contributed by atoms with van der Waals surface area (Å²) in [5.41, 5.74) is -3.19. The first kappa shape index (κ1) is 16.9. The lowest BCUT2D eigenvalue weighted by Crippen LogP contribution is -2.21. The van der Waals surface area contributed by atoms with Crippen molar-refractivity contribution in [1.29, 1.82) is 0 Å². The SMILES string of the molecule is CCOC(=O)c1cc(O)c(OC(F)(F)F)nc1C(F)(F)F. The monoisotopic (exact) mass is 319 g/mol. The van der Waals surface area contributed by atoms with E-state index in [9.17, 15) is 36.2 Å². The van der Waals surface area contributed by atoms with Crippen molar-refractivity contribution in [1.82, 2.24) is 4.98 Å². The topological polar surface area (TPSA) is 68.7 Å². The van der Waals surface area contributed by atoms with Gasteiger partial charge in [-0.2, -0.15) is 13.2 Å². The van der Waals surface area contributed by atoms with Crippen LogP contribution in [0.15, 0.2) is 6.07 Å². The molecule has 1 rings (SSSR count). The van der Waals surface area contributed by atoms with Gasteiger partial charge in [0.05, 0.1) is 12.2 Å². The van der Waals surface area contributed by atoms with Crippen LogP contribution in [0.4, 0.5) is 26.3 Å². The Hall–Kier alpha value is -2.20. The summed E-state index contributed by atoms with van der Waals surface area (Å²) in [5, 5.41) is 9.20. The lowest BCUT2D eigenvalue weighted by atomic mass is 10.1. The fourth-order valence-corrected chi connectivity index (χ4v) is 1.25. The van der Waals surface area contributed by atoms with Gasteiger partial charge in [-0.15, -0.1) is 13.2 Å². The Morgan fingerprint density at radius 2 is 1.86 bits per heavy atom. The van der Waals surface area contributed by atoms with E-state index in [2.05, 4.69) is 14.5 Å². The molecule has 21 heavy (non-hydrogen) atoms. The summed E-state index contributed by atoms with van der Waals surface area (Å²) in [6.07, 6.45) is -10.6.